The zero-order valence-corrected chi connectivity index (χ0v) is 12.2. The van der Waals surface area contributed by atoms with Gasteiger partial charge in [-0.15, -0.1) is 0 Å². The second-order valence-electron chi connectivity index (χ2n) is 4.88. The molecule has 2 rings (SSSR count). The Morgan fingerprint density at radius 3 is 3.00 bits per heavy atom. The van der Waals surface area contributed by atoms with Gasteiger partial charge in [0, 0.05) is 32.7 Å². The van der Waals surface area contributed by atoms with Crippen LogP contribution < -0.4 is 16.4 Å². The summed E-state index contributed by atoms with van der Waals surface area (Å²) in [4.78, 5) is 21.0. The predicted octanol–water partition coefficient (Wildman–Crippen LogP) is 0.745. The van der Waals surface area contributed by atoms with Crippen molar-refractivity contribution in [3.8, 4) is 0 Å². The number of amides is 1. The number of hydrogen-bond acceptors (Lipinski definition) is 6. The highest BCUT2D eigenvalue weighted by molar-refractivity contribution is 7.18. The Bertz CT molecular complexity index is 461. The average molecular weight is 283 g/mol. The summed E-state index contributed by atoms with van der Waals surface area (Å²) in [6, 6.07) is 0.0737. The van der Waals surface area contributed by atoms with Gasteiger partial charge in [-0.25, -0.2) is 4.98 Å². The number of piperidine rings is 1. The van der Waals surface area contributed by atoms with Gasteiger partial charge in [-0.3, -0.25) is 4.79 Å². The lowest BCUT2D eigenvalue weighted by molar-refractivity contribution is 0.0714. The molecule has 1 saturated heterocycles. The quantitative estimate of drug-likeness (QED) is 0.854. The molecular weight excluding hydrogens is 262 g/mol. The number of carbonyl (C=O) groups is 1. The second kappa shape index (κ2) is 5.75. The first kappa shape index (κ1) is 14.1. The molecule has 7 heteroatoms. The van der Waals surface area contributed by atoms with E-state index in [1.165, 1.54) is 11.3 Å². The molecule has 1 aromatic heterocycles. The van der Waals surface area contributed by atoms with Crippen LogP contribution in [0.5, 0.6) is 0 Å². The Hall–Kier alpha value is -1.34. The molecule has 0 saturated carbocycles. The Morgan fingerprint density at radius 1 is 1.63 bits per heavy atom. The fourth-order valence-corrected chi connectivity index (χ4v) is 3.09. The largest absolute Gasteiger partial charge is 0.382 e. The molecule has 1 fully saturated rings. The minimum absolute atomic E-state index is 0.0408. The van der Waals surface area contributed by atoms with Crippen LogP contribution >= 0.6 is 11.3 Å². The van der Waals surface area contributed by atoms with Crippen LogP contribution in [0.2, 0.25) is 0 Å². The van der Waals surface area contributed by atoms with Crippen molar-refractivity contribution in [2.24, 2.45) is 5.73 Å². The molecule has 106 valence electrons. The Morgan fingerprint density at radius 2 is 2.37 bits per heavy atom. The van der Waals surface area contributed by atoms with E-state index in [1.807, 2.05) is 18.9 Å². The predicted molar refractivity (Wildman–Crippen MR) is 78.6 cm³/mol. The third-order valence-corrected chi connectivity index (χ3v) is 4.56. The molecule has 0 aliphatic carbocycles. The molecule has 2 heterocycles. The summed E-state index contributed by atoms with van der Waals surface area (Å²) in [6.07, 6.45) is 1.93. The molecule has 0 radical (unpaired) electrons. The molecule has 1 aliphatic rings. The highest BCUT2D eigenvalue weighted by Crippen LogP contribution is 2.29. The zero-order valence-electron chi connectivity index (χ0n) is 11.4. The van der Waals surface area contributed by atoms with Crippen LogP contribution in [-0.4, -0.2) is 48.5 Å². The number of likely N-dealkylation sites (tertiary alicyclic amines) is 1. The van der Waals surface area contributed by atoms with Crippen LogP contribution in [-0.2, 0) is 0 Å². The van der Waals surface area contributed by atoms with Gasteiger partial charge in [0.05, 0.1) is 0 Å². The van der Waals surface area contributed by atoms with Gasteiger partial charge in [0.2, 0.25) is 0 Å². The highest BCUT2D eigenvalue weighted by Gasteiger charge is 2.26. The molecule has 0 spiro atoms. The van der Waals surface area contributed by atoms with E-state index in [0.29, 0.717) is 17.2 Å². The Labute approximate surface area is 117 Å². The second-order valence-corrected chi connectivity index (χ2v) is 5.86. The number of hydrogen-bond donors (Lipinski definition) is 2. The van der Waals surface area contributed by atoms with Crippen molar-refractivity contribution in [1.82, 2.24) is 9.88 Å². The standard InChI is InChI=1S/C12H21N5OS/c1-3-16(2)12-15-10(14)9(19-12)11(18)17-6-4-5-8(13)7-17/h8H,3-7,13-14H2,1-2H3. The first-order valence-corrected chi connectivity index (χ1v) is 7.36. The third kappa shape index (κ3) is 2.98. The fourth-order valence-electron chi connectivity index (χ4n) is 2.11. The highest BCUT2D eigenvalue weighted by atomic mass is 32.1. The van der Waals surface area contributed by atoms with E-state index >= 15 is 0 Å². The third-order valence-electron chi connectivity index (χ3n) is 3.38. The molecule has 1 amide bonds. The van der Waals surface area contributed by atoms with Gasteiger partial charge in [-0.05, 0) is 19.8 Å². The summed E-state index contributed by atoms with van der Waals surface area (Å²) in [5.74, 6) is 0.283. The van der Waals surface area contributed by atoms with Crippen LogP contribution in [0.15, 0.2) is 0 Å². The van der Waals surface area contributed by atoms with Gasteiger partial charge < -0.3 is 21.3 Å². The van der Waals surface area contributed by atoms with Crippen molar-refractivity contribution < 1.29 is 4.79 Å². The molecule has 1 atom stereocenters. The van der Waals surface area contributed by atoms with E-state index in [-0.39, 0.29) is 11.9 Å². The van der Waals surface area contributed by atoms with Gasteiger partial charge in [-0.1, -0.05) is 11.3 Å². The molecule has 1 aliphatic heterocycles. The maximum atomic E-state index is 12.4. The van der Waals surface area contributed by atoms with Crippen molar-refractivity contribution >= 4 is 28.2 Å². The lowest BCUT2D eigenvalue weighted by atomic mass is 10.1. The lowest BCUT2D eigenvalue weighted by Gasteiger charge is -2.30. The normalized spacial score (nSPS) is 19.5. The molecule has 4 N–H and O–H groups in total. The van der Waals surface area contributed by atoms with Crippen LogP contribution in [0.4, 0.5) is 10.9 Å². The zero-order chi connectivity index (χ0) is 14.0. The Balaban J connectivity index is 2.16. The number of nitrogens with two attached hydrogens (primary N) is 2. The maximum absolute atomic E-state index is 12.4. The number of nitrogens with zero attached hydrogens (tertiary/aromatic N) is 3. The lowest BCUT2D eigenvalue weighted by Crippen LogP contribution is -2.45. The van der Waals surface area contributed by atoms with Crippen molar-refractivity contribution in [3.63, 3.8) is 0 Å². The van der Waals surface area contributed by atoms with Crippen LogP contribution in [0.1, 0.15) is 29.4 Å². The van der Waals surface area contributed by atoms with Crippen LogP contribution in [0.25, 0.3) is 0 Å². The SMILES string of the molecule is CCN(C)c1nc(N)c(C(=O)N2CCCC(N)C2)s1. The molecule has 1 aromatic rings. The number of carbonyl (C=O) groups excluding carboxylic acids is 1. The van der Waals surface area contributed by atoms with Gasteiger partial charge >= 0.3 is 0 Å². The van der Waals surface area contributed by atoms with E-state index in [2.05, 4.69) is 4.98 Å². The van der Waals surface area contributed by atoms with Crippen LogP contribution in [0.3, 0.4) is 0 Å². The first-order valence-electron chi connectivity index (χ1n) is 6.55. The molecular formula is C12H21N5OS. The van der Waals surface area contributed by atoms with Crippen LogP contribution in [0, 0.1) is 0 Å². The summed E-state index contributed by atoms with van der Waals surface area (Å²) in [7, 11) is 1.93. The molecule has 1 unspecified atom stereocenters. The molecule has 0 bridgehead atoms. The van der Waals surface area contributed by atoms with Crippen molar-refractivity contribution in [2.45, 2.75) is 25.8 Å². The summed E-state index contributed by atoms with van der Waals surface area (Å²) < 4.78 is 0. The van der Waals surface area contributed by atoms with Gasteiger partial charge in [0.25, 0.3) is 5.91 Å². The number of rotatable bonds is 3. The number of nitrogen functional groups attached to an aromatic ring is 1. The first-order chi connectivity index (χ1) is 9.02. The van der Waals surface area contributed by atoms with E-state index in [0.717, 1.165) is 31.1 Å². The van der Waals surface area contributed by atoms with E-state index in [1.54, 1.807) is 4.90 Å². The van der Waals surface area contributed by atoms with E-state index in [9.17, 15) is 4.79 Å². The smallest absolute Gasteiger partial charge is 0.267 e. The van der Waals surface area contributed by atoms with Gasteiger partial charge in [0.15, 0.2) is 5.13 Å². The summed E-state index contributed by atoms with van der Waals surface area (Å²) in [5.41, 5.74) is 11.8. The number of aromatic nitrogens is 1. The average Bonchev–Trinajstić information content (AvgIpc) is 2.79. The monoisotopic (exact) mass is 283 g/mol. The van der Waals surface area contributed by atoms with Crippen molar-refractivity contribution in [2.75, 3.05) is 37.3 Å². The topological polar surface area (TPSA) is 88.5 Å². The Kier molecular flexibility index (Phi) is 4.26. The molecule has 19 heavy (non-hydrogen) atoms. The van der Waals surface area contributed by atoms with E-state index < -0.39 is 0 Å². The number of thiazole rings is 1. The fraction of sp³-hybridized carbons (Fsp3) is 0.667. The minimum atomic E-state index is -0.0408. The molecule has 0 aromatic carbocycles. The summed E-state index contributed by atoms with van der Waals surface area (Å²) in [6.45, 7) is 4.22. The van der Waals surface area contributed by atoms with Crippen molar-refractivity contribution in [1.29, 1.82) is 0 Å². The van der Waals surface area contributed by atoms with Crippen molar-refractivity contribution in [3.05, 3.63) is 4.88 Å². The molecule has 6 nitrogen and oxygen atoms in total. The number of anilines is 2. The van der Waals surface area contributed by atoms with E-state index in [4.69, 9.17) is 11.5 Å². The van der Waals surface area contributed by atoms with Gasteiger partial charge in [0.1, 0.15) is 10.7 Å². The summed E-state index contributed by atoms with van der Waals surface area (Å²) >= 11 is 1.35. The van der Waals surface area contributed by atoms with Gasteiger partial charge in [-0.2, -0.15) is 0 Å². The maximum Gasteiger partial charge on any atom is 0.267 e. The summed E-state index contributed by atoms with van der Waals surface area (Å²) in [5, 5.41) is 0.782. The minimum Gasteiger partial charge on any atom is -0.382 e.